The van der Waals surface area contributed by atoms with Gasteiger partial charge >= 0.3 is 0 Å². The lowest BCUT2D eigenvalue weighted by atomic mass is 10.1. The van der Waals surface area contributed by atoms with Gasteiger partial charge in [-0.25, -0.2) is 8.42 Å². The van der Waals surface area contributed by atoms with Gasteiger partial charge in [0.05, 0.1) is 23.5 Å². The van der Waals surface area contributed by atoms with Crippen LogP contribution in [0.1, 0.15) is 24.9 Å². The van der Waals surface area contributed by atoms with Gasteiger partial charge in [0.25, 0.3) is 0 Å². The smallest absolute Gasteiger partial charge is 0.224 e. The van der Waals surface area contributed by atoms with Gasteiger partial charge in [-0.15, -0.1) is 0 Å². The summed E-state index contributed by atoms with van der Waals surface area (Å²) in [5.41, 5.74) is 0.989. The van der Waals surface area contributed by atoms with E-state index < -0.39 is 15.8 Å². The van der Waals surface area contributed by atoms with Crippen LogP contribution in [0.2, 0.25) is 0 Å². The Morgan fingerprint density at radius 1 is 1.47 bits per heavy atom. The van der Waals surface area contributed by atoms with Crippen molar-refractivity contribution in [2.45, 2.75) is 19.4 Å². The molecule has 0 saturated carbocycles. The number of nitrogens with one attached hydrogen (secondary N) is 1. The minimum absolute atomic E-state index is 0.0238. The first-order chi connectivity index (χ1) is 8.87. The number of hydrogen-bond donors (Lipinski definition) is 1. The molecule has 1 aromatic rings. The monoisotopic (exact) mass is 345 g/mol. The topological polar surface area (TPSA) is 63.2 Å². The number of hydrogen-bond acceptors (Lipinski definition) is 3. The van der Waals surface area contributed by atoms with Crippen LogP contribution in [0, 0.1) is 5.92 Å². The van der Waals surface area contributed by atoms with E-state index in [-0.39, 0.29) is 23.5 Å². The first kappa shape index (κ1) is 14.5. The van der Waals surface area contributed by atoms with Gasteiger partial charge in [-0.2, -0.15) is 0 Å². The quantitative estimate of drug-likeness (QED) is 0.911. The summed E-state index contributed by atoms with van der Waals surface area (Å²) in [6, 6.07) is 7.56. The Morgan fingerprint density at radius 2 is 2.21 bits per heavy atom. The van der Waals surface area contributed by atoms with Crippen molar-refractivity contribution < 1.29 is 13.2 Å². The van der Waals surface area contributed by atoms with Crippen LogP contribution in [0.25, 0.3) is 0 Å². The van der Waals surface area contributed by atoms with Crippen molar-refractivity contribution in [1.82, 2.24) is 5.32 Å². The molecule has 2 unspecified atom stereocenters. The fraction of sp³-hybridized carbons (Fsp3) is 0.462. The summed E-state index contributed by atoms with van der Waals surface area (Å²) >= 11 is 3.39. The van der Waals surface area contributed by atoms with Crippen LogP contribution in [0.5, 0.6) is 0 Å². The van der Waals surface area contributed by atoms with Gasteiger partial charge in [-0.05, 0) is 31.0 Å². The van der Waals surface area contributed by atoms with E-state index in [1.165, 1.54) is 0 Å². The van der Waals surface area contributed by atoms with E-state index >= 15 is 0 Å². The van der Waals surface area contributed by atoms with E-state index in [2.05, 4.69) is 21.2 Å². The van der Waals surface area contributed by atoms with E-state index in [1.54, 1.807) is 0 Å². The van der Waals surface area contributed by atoms with Crippen molar-refractivity contribution in [2.24, 2.45) is 5.92 Å². The number of amides is 1. The van der Waals surface area contributed by atoms with E-state index in [4.69, 9.17) is 0 Å². The molecule has 1 aromatic carbocycles. The highest BCUT2D eigenvalue weighted by Gasteiger charge is 2.33. The van der Waals surface area contributed by atoms with Crippen LogP contribution in [-0.4, -0.2) is 25.8 Å². The molecule has 104 valence electrons. The molecule has 2 rings (SSSR count). The zero-order valence-corrected chi connectivity index (χ0v) is 13.0. The largest absolute Gasteiger partial charge is 0.349 e. The molecule has 1 heterocycles. The Morgan fingerprint density at radius 3 is 2.79 bits per heavy atom. The number of rotatable bonds is 3. The zero-order chi connectivity index (χ0) is 14.0. The lowest BCUT2D eigenvalue weighted by Gasteiger charge is -2.17. The van der Waals surface area contributed by atoms with Crippen LogP contribution in [0.4, 0.5) is 0 Å². The highest BCUT2D eigenvalue weighted by atomic mass is 79.9. The zero-order valence-electron chi connectivity index (χ0n) is 10.6. The summed E-state index contributed by atoms with van der Waals surface area (Å²) in [6.45, 7) is 1.89. The highest BCUT2D eigenvalue weighted by Crippen LogP contribution is 2.21. The van der Waals surface area contributed by atoms with Crippen molar-refractivity contribution in [3.63, 3.8) is 0 Å². The Kier molecular flexibility index (Phi) is 4.30. The molecule has 1 saturated heterocycles. The maximum absolute atomic E-state index is 12.0. The molecule has 4 nitrogen and oxygen atoms in total. The maximum atomic E-state index is 12.0. The SMILES string of the molecule is CC(NC(=O)C1CCS(=O)(=O)C1)c1cccc(Br)c1. The third-order valence-corrected chi connectivity index (χ3v) is 5.57. The summed E-state index contributed by atoms with van der Waals surface area (Å²) in [5, 5.41) is 2.88. The van der Waals surface area contributed by atoms with Crippen LogP contribution < -0.4 is 5.32 Å². The van der Waals surface area contributed by atoms with Gasteiger partial charge in [-0.1, -0.05) is 28.1 Å². The molecular weight excluding hydrogens is 330 g/mol. The Bertz CT molecular complexity index is 585. The van der Waals surface area contributed by atoms with E-state index in [0.29, 0.717) is 6.42 Å². The molecule has 0 aromatic heterocycles. The van der Waals surface area contributed by atoms with Crippen molar-refractivity contribution in [3.05, 3.63) is 34.3 Å². The standard InChI is InChI=1S/C13H16BrNO3S/c1-9(10-3-2-4-12(14)7-10)15-13(16)11-5-6-19(17,18)8-11/h2-4,7,9,11H,5-6,8H2,1H3,(H,15,16). The summed E-state index contributed by atoms with van der Waals surface area (Å²) < 4.78 is 23.7. The molecule has 0 aliphatic carbocycles. The van der Waals surface area contributed by atoms with Gasteiger partial charge in [-0.3, -0.25) is 4.79 Å². The second-order valence-electron chi connectivity index (χ2n) is 4.89. The lowest BCUT2D eigenvalue weighted by molar-refractivity contribution is -0.124. The average molecular weight is 346 g/mol. The number of carbonyl (C=O) groups excluding carboxylic acids is 1. The van der Waals surface area contributed by atoms with Gasteiger partial charge in [0.15, 0.2) is 9.84 Å². The molecule has 1 aliphatic rings. The first-order valence-electron chi connectivity index (χ1n) is 6.14. The molecule has 1 N–H and O–H groups in total. The minimum Gasteiger partial charge on any atom is -0.349 e. The molecule has 0 spiro atoms. The molecular formula is C13H16BrNO3S. The van der Waals surface area contributed by atoms with E-state index in [1.807, 2.05) is 31.2 Å². The predicted molar refractivity (Wildman–Crippen MR) is 77.5 cm³/mol. The predicted octanol–water partition coefficient (Wildman–Crippen LogP) is 2.06. The fourth-order valence-corrected chi connectivity index (χ4v) is 4.35. The lowest BCUT2D eigenvalue weighted by Crippen LogP contribution is -2.33. The van der Waals surface area contributed by atoms with Crippen molar-refractivity contribution in [1.29, 1.82) is 0 Å². The summed E-state index contributed by atoms with van der Waals surface area (Å²) in [5.74, 6) is -0.478. The fourth-order valence-electron chi connectivity index (χ4n) is 2.19. The normalized spacial score (nSPS) is 22.9. The van der Waals surface area contributed by atoms with Gasteiger partial charge < -0.3 is 5.32 Å². The summed E-state index contributed by atoms with van der Waals surface area (Å²) in [7, 11) is -3.02. The number of benzene rings is 1. The Balaban J connectivity index is 2.00. The maximum Gasteiger partial charge on any atom is 0.224 e. The minimum atomic E-state index is -3.02. The van der Waals surface area contributed by atoms with Crippen LogP contribution in [0.15, 0.2) is 28.7 Å². The Hall–Kier alpha value is -0.880. The molecule has 0 bridgehead atoms. The molecule has 19 heavy (non-hydrogen) atoms. The summed E-state index contributed by atoms with van der Waals surface area (Å²) in [6.07, 6.45) is 0.430. The molecule has 0 radical (unpaired) electrons. The number of halogens is 1. The molecule has 6 heteroatoms. The molecule has 1 fully saturated rings. The number of carbonyl (C=O) groups is 1. The van der Waals surface area contributed by atoms with Gasteiger partial charge in [0.1, 0.15) is 0 Å². The third kappa shape index (κ3) is 3.79. The van der Waals surface area contributed by atoms with E-state index in [0.717, 1.165) is 10.0 Å². The second-order valence-corrected chi connectivity index (χ2v) is 8.03. The molecule has 2 atom stereocenters. The molecule has 1 amide bonds. The van der Waals surface area contributed by atoms with E-state index in [9.17, 15) is 13.2 Å². The molecule has 1 aliphatic heterocycles. The Labute approximate surface area is 121 Å². The average Bonchev–Trinajstić information content (AvgIpc) is 2.69. The summed E-state index contributed by atoms with van der Waals surface area (Å²) in [4.78, 5) is 12.0. The van der Waals surface area contributed by atoms with Crippen LogP contribution >= 0.6 is 15.9 Å². The van der Waals surface area contributed by atoms with Crippen molar-refractivity contribution in [2.75, 3.05) is 11.5 Å². The van der Waals surface area contributed by atoms with Crippen molar-refractivity contribution in [3.8, 4) is 0 Å². The highest BCUT2D eigenvalue weighted by molar-refractivity contribution is 9.10. The van der Waals surface area contributed by atoms with Gasteiger partial charge in [0, 0.05) is 4.47 Å². The first-order valence-corrected chi connectivity index (χ1v) is 8.75. The number of sulfone groups is 1. The van der Waals surface area contributed by atoms with Gasteiger partial charge in [0.2, 0.25) is 5.91 Å². The van der Waals surface area contributed by atoms with Crippen molar-refractivity contribution >= 4 is 31.7 Å². The van der Waals surface area contributed by atoms with Crippen LogP contribution in [0.3, 0.4) is 0 Å². The van der Waals surface area contributed by atoms with Crippen LogP contribution in [-0.2, 0) is 14.6 Å². The second kappa shape index (κ2) is 5.63. The third-order valence-electron chi connectivity index (χ3n) is 3.31.